The van der Waals surface area contributed by atoms with Crippen molar-refractivity contribution in [2.75, 3.05) is 11.9 Å². The van der Waals surface area contributed by atoms with Crippen molar-refractivity contribution in [3.8, 4) is 11.5 Å². The molecule has 2 aromatic carbocycles. The topological polar surface area (TPSA) is 72.2 Å². The highest BCUT2D eigenvalue weighted by Gasteiger charge is 2.28. The van der Waals surface area contributed by atoms with Gasteiger partial charge in [-0.2, -0.15) is 4.98 Å². The Kier molecular flexibility index (Phi) is 4.92. The van der Waals surface area contributed by atoms with Crippen molar-refractivity contribution in [1.82, 2.24) is 4.98 Å². The van der Waals surface area contributed by atoms with E-state index < -0.39 is 9.84 Å². The van der Waals surface area contributed by atoms with Gasteiger partial charge in [0.05, 0.1) is 15.5 Å². The van der Waals surface area contributed by atoms with E-state index in [9.17, 15) is 8.42 Å². The monoisotopic (exact) mass is 374 g/mol. The molecule has 3 aromatic rings. The van der Waals surface area contributed by atoms with Crippen molar-refractivity contribution >= 4 is 27.3 Å². The highest BCUT2D eigenvalue weighted by Crippen LogP contribution is 2.34. The molecule has 7 heteroatoms. The van der Waals surface area contributed by atoms with E-state index in [2.05, 4.69) is 16.9 Å². The van der Waals surface area contributed by atoms with Crippen LogP contribution in [0.2, 0.25) is 5.02 Å². The molecule has 0 fully saturated rings. The van der Waals surface area contributed by atoms with Gasteiger partial charge in [0.15, 0.2) is 0 Å². The summed E-state index contributed by atoms with van der Waals surface area (Å²) in [6.45, 7) is 3.94. The maximum atomic E-state index is 12.9. The van der Waals surface area contributed by atoms with E-state index in [1.165, 1.54) is 12.1 Å². The Morgan fingerprint density at radius 1 is 1.12 bits per heavy atom. The minimum Gasteiger partial charge on any atom is -0.419 e. The number of sulfone groups is 1. The van der Waals surface area contributed by atoms with Gasteiger partial charge in [-0.05, 0) is 24.3 Å². The summed E-state index contributed by atoms with van der Waals surface area (Å²) in [6.07, 6.45) is 1.59. The number of aromatic nitrogens is 1. The van der Waals surface area contributed by atoms with Crippen LogP contribution in [0.5, 0.6) is 0 Å². The van der Waals surface area contributed by atoms with E-state index in [-0.39, 0.29) is 21.7 Å². The molecule has 0 aliphatic carbocycles. The van der Waals surface area contributed by atoms with Crippen LogP contribution in [0.1, 0.15) is 0 Å². The fourth-order valence-electron chi connectivity index (χ4n) is 2.23. The zero-order valence-electron chi connectivity index (χ0n) is 13.1. The minimum absolute atomic E-state index is 0.0543. The van der Waals surface area contributed by atoms with Gasteiger partial charge in [-0.15, -0.1) is 6.58 Å². The molecule has 0 spiro atoms. The van der Waals surface area contributed by atoms with Crippen LogP contribution in [-0.4, -0.2) is 19.9 Å². The van der Waals surface area contributed by atoms with Crippen molar-refractivity contribution in [2.45, 2.75) is 9.92 Å². The lowest BCUT2D eigenvalue weighted by atomic mass is 10.2. The normalized spacial score (nSPS) is 11.2. The number of halogens is 1. The number of hydrogen-bond donors (Lipinski definition) is 1. The molecule has 0 aliphatic heterocycles. The van der Waals surface area contributed by atoms with E-state index in [0.29, 0.717) is 17.1 Å². The summed E-state index contributed by atoms with van der Waals surface area (Å²) in [5.41, 5.74) is 0.514. The van der Waals surface area contributed by atoms with Gasteiger partial charge in [-0.25, -0.2) is 8.42 Å². The average molecular weight is 375 g/mol. The van der Waals surface area contributed by atoms with E-state index in [1.54, 1.807) is 48.5 Å². The Balaban J connectivity index is 2.15. The first-order valence-electron chi connectivity index (χ1n) is 7.44. The Morgan fingerprint density at radius 3 is 2.48 bits per heavy atom. The fraction of sp³-hybridized carbons (Fsp3) is 0.0556. The molecule has 0 radical (unpaired) electrons. The molecule has 1 heterocycles. The van der Waals surface area contributed by atoms with Gasteiger partial charge in [0, 0.05) is 6.54 Å². The molecule has 25 heavy (non-hydrogen) atoms. The number of nitrogens with one attached hydrogen (secondary N) is 1. The molecule has 0 unspecified atom stereocenters. The van der Waals surface area contributed by atoms with Gasteiger partial charge in [-0.3, -0.25) is 0 Å². The molecule has 0 bridgehead atoms. The van der Waals surface area contributed by atoms with Crippen LogP contribution in [0.4, 0.5) is 5.88 Å². The Labute approximate surface area is 150 Å². The highest BCUT2D eigenvalue weighted by molar-refractivity contribution is 7.91. The number of nitrogens with zero attached hydrogens (tertiary/aromatic N) is 1. The largest absolute Gasteiger partial charge is 0.419 e. The first kappa shape index (κ1) is 17.3. The zero-order valence-corrected chi connectivity index (χ0v) is 14.7. The lowest BCUT2D eigenvalue weighted by molar-refractivity contribution is 0.579. The number of benzene rings is 2. The lowest BCUT2D eigenvalue weighted by Crippen LogP contribution is -2.07. The molecule has 1 N–H and O–H groups in total. The number of hydrogen-bond acceptors (Lipinski definition) is 5. The summed E-state index contributed by atoms with van der Waals surface area (Å²) in [5.74, 6) is 0.186. The van der Waals surface area contributed by atoms with Crippen LogP contribution in [0.15, 0.2) is 81.6 Å². The molecular weight excluding hydrogens is 360 g/mol. The summed E-state index contributed by atoms with van der Waals surface area (Å²) in [4.78, 5) is 4.34. The third-order valence-electron chi connectivity index (χ3n) is 3.42. The van der Waals surface area contributed by atoms with Gasteiger partial charge in [0.1, 0.15) is 0 Å². The van der Waals surface area contributed by atoms with Crippen LogP contribution in [0, 0.1) is 0 Å². The first-order valence-corrected chi connectivity index (χ1v) is 9.31. The Bertz CT molecular complexity index is 998. The second-order valence-corrected chi connectivity index (χ2v) is 7.39. The van der Waals surface area contributed by atoms with Crippen LogP contribution < -0.4 is 5.32 Å². The van der Waals surface area contributed by atoms with Crippen LogP contribution >= 0.6 is 11.6 Å². The summed E-state index contributed by atoms with van der Waals surface area (Å²) in [7, 11) is -3.84. The maximum absolute atomic E-state index is 12.9. The van der Waals surface area contributed by atoms with E-state index in [4.69, 9.17) is 16.0 Å². The quantitative estimate of drug-likeness (QED) is 0.646. The maximum Gasteiger partial charge on any atom is 0.234 e. The predicted octanol–water partition coefficient (Wildman–Crippen LogP) is 4.43. The minimum atomic E-state index is -3.84. The van der Waals surface area contributed by atoms with Crippen LogP contribution in [0.25, 0.3) is 11.5 Å². The van der Waals surface area contributed by atoms with Crippen molar-refractivity contribution in [1.29, 1.82) is 0 Å². The van der Waals surface area contributed by atoms with Gasteiger partial charge < -0.3 is 9.73 Å². The zero-order chi connectivity index (χ0) is 17.9. The van der Waals surface area contributed by atoms with Gasteiger partial charge in [0.25, 0.3) is 0 Å². The molecule has 1 aromatic heterocycles. The summed E-state index contributed by atoms with van der Waals surface area (Å²) < 4.78 is 31.5. The molecule has 0 atom stereocenters. The number of rotatable bonds is 6. The molecule has 0 saturated heterocycles. The molecule has 5 nitrogen and oxygen atoms in total. The van der Waals surface area contributed by atoms with Gasteiger partial charge >= 0.3 is 0 Å². The second kappa shape index (κ2) is 7.13. The molecule has 0 amide bonds. The third-order valence-corrected chi connectivity index (χ3v) is 5.42. The highest BCUT2D eigenvalue weighted by atomic mass is 35.5. The van der Waals surface area contributed by atoms with Crippen molar-refractivity contribution < 1.29 is 12.8 Å². The standard InChI is InChI=1S/C18H15ClN2O3S/c1-2-12-20-17-18(25(22,23)13-8-4-3-5-9-13)21-16(24-17)14-10-6-7-11-15(14)19/h2-11,20H,1,12H2. The van der Waals surface area contributed by atoms with Crippen molar-refractivity contribution in [2.24, 2.45) is 0 Å². The number of oxazole rings is 1. The molecule has 0 saturated carbocycles. The van der Waals surface area contributed by atoms with E-state index in [0.717, 1.165) is 0 Å². The van der Waals surface area contributed by atoms with Gasteiger partial charge in [-0.1, -0.05) is 48.0 Å². The Morgan fingerprint density at radius 2 is 1.80 bits per heavy atom. The predicted molar refractivity (Wildman–Crippen MR) is 97.5 cm³/mol. The summed E-state index contributed by atoms with van der Waals surface area (Å²) in [6, 6.07) is 15.0. The summed E-state index contributed by atoms with van der Waals surface area (Å²) >= 11 is 6.17. The van der Waals surface area contributed by atoms with Crippen molar-refractivity contribution in [3.05, 3.63) is 72.3 Å². The molecule has 0 aliphatic rings. The van der Waals surface area contributed by atoms with Crippen LogP contribution in [0.3, 0.4) is 0 Å². The fourth-order valence-corrected chi connectivity index (χ4v) is 3.74. The van der Waals surface area contributed by atoms with Crippen molar-refractivity contribution in [3.63, 3.8) is 0 Å². The third kappa shape index (κ3) is 3.45. The second-order valence-electron chi connectivity index (χ2n) is 5.12. The molecule has 3 rings (SSSR count). The van der Waals surface area contributed by atoms with E-state index in [1.807, 2.05) is 0 Å². The average Bonchev–Trinajstić information content (AvgIpc) is 3.06. The lowest BCUT2D eigenvalue weighted by Gasteiger charge is -2.03. The first-order chi connectivity index (χ1) is 12.0. The molecular formula is C18H15ClN2O3S. The smallest absolute Gasteiger partial charge is 0.234 e. The summed E-state index contributed by atoms with van der Waals surface area (Å²) in [5, 5.41) is 3.11. The van der Waals surface area contributed by atoms with E-state index >= 15 is 0 Å². The van der Waals surface area contributed by atoms with Crippen LogP contribution in [-0.2, 0) is 9.84 Å². The molecule has 128 valence electrons. The number of anilines is 1. The Hall–Kier alpha value is -2.57. The SMILES string of the molecule is C=CCNc1oc(-c2ccccc2Cl)nc1S(=O)(=O)c1ccccc1. The van der Waals surface area contributed by atoms with Gasteiger partial charge in [0.2, 0.25) is 26.6 Å².